The van der Waals surface area contributed by atoms with Crippen LogP contribution in [0.25, 0.3) is 0 Å². The molecule has 0 atom stereocenters. The van der Waals surface area contributed by atoms with Gasteiger partial charge in [-0.05, 0) is 62.5 Å². The minimum absolute atomic E-state index is 0.811. The molecule has 0 unspecified atom stereocenters. The molecule has 0 aliphatic rings. The Bertz CT molecular complexity index is 526. The lowest BCUT2D eigenvalue weighted by Crippen LogP contribution is -2.00. The molecule has 2 nitrogen and oxygen atoms in total. The van der Waals surface area contributed by atoms with E-state index in [-0.39, 0.29) is 0 Å². The highest BCUT2D eigenvalue weighted by atomic mass is 79.9. The summed E-state index contributed by atoms with van der Waals surface area (Å²) in [4.78, 5) is 0. The van der Waals surface area contributed by atoms with Gasteiger partial charge in [0, 0.05) is 38.9 Å². The van der Waals surface area contributed by atoms with Gasteiger partial charge in [-0.2, -0.15) is 0 Å². The van der Waals surface area contributed by atoms with E-state index in [1.54, 1.807) is 0 Å². The second kappa shape index (κ2) is 6.26. The molecule has 1 aromatic heterocycles. The lowest BCUT2D eigenvalue weighted by atomic mass is 10.3. The molecule has 1 N–H and O–H groups in total. The van der Waals surface area contributed by atoms with Gasteiger partial charge in [0.2, 0.25) is 0 Å². The lowest BCUT2D eigenvalue weighted by Gasteiger charge is -2.10. The summed E-state index contributed by atoms with van der Waals surface area (Å²) in [6.45, 7) is 3.95. The van der Waals surface area contributed by atoms with E-state index < -0.39 is 0 Å². The highest BCUT2D eigenvalue weighted by Gasteiger charge is 2.06. The standard InChI is InChI=1S/C13H13Br3N2/c1-2-18-4-3-9(8-18)7-17-13-11(15)5-10(14)6-12(13)16/h3-6,8,17H,2,7H2,1H3. The van der Waals surface area contributed by atoms with Crippen molar-refractivity contribution in [1.29, 1.82) is 0 Å². The van der Waals surface area contributed by atoms with Gasteiger partial charge in [0.1, 0.15) is 0 Å². The van der Waals surface area contributed by atoms with Gasteiger partial charge in [0.15, 0.2) is 0 Å². The zero-order valence-corrected chi connectivity index (χ0v) is 14.6. The predicted molar refractivity (Wildman–Crippen MR) is 87.0 cm³/mol. The van der Waals surface area contributed by atoms with Gasteiger partial charge in [-0.15, -0.1) is 0 Å². The average Bonchev–Trinajstić information content (AvgIpc) is 2.75. The van der Waals surface area contributed by atoms with E-state index in [4.69, 9.17) is 0 Å². The first kappa shape index (κ1) is 14.2. The molecule has 0 bridgehead atoms. The van der Waals surface area contributed by atoms with Gasteiger partial charge >= 0.3 is 0 Å². The lowest BCUT2D eigenvalue weighted by molar-refractivity contribution is 0.766. The van der Waals surface area contributed by atoms with Crippen molar-refractivity contribution in [3.63, 3.8) is 0 Å². The normalized spacial score (nSPS) is 10.7. The molecule has 0 fully saturated rings. The third-order valence-electron chi connectivity index (χ3n) is 2.65. The Balaban J connectivity index is 2.10. The summed E-state index contributed by atoms with van der Waals surface area (Å²) in [6, 6.07) is 6.20. The number of nitrogens with one attached hydrogen (secondary N) is 1. The molecule has 0 saturated heterocycles. The van der Waals surface area contributed by atoms with Crippen LogP contribution in [0, 0.1) is 0 Å². The minimum atomic E-state index is 0.811. The summed E-state index contributed by atoms with van der Waals surface area (Å²) in [6.07, 6.45) is 4.26. The molecule has 1 heterocycles. The van der Waals surface area contributed by atoms with Crippen LogP contribution in [0.15, 0.2) is 44.0 Å². The largest absolute Gasteiger partial charge is 0.379 e. The zero-order valence-electron chi connectivity index (χ0n) is 9.88. The Morgan fingerprint density at radius 3 is 2.39 bits per heavy atom. The minimum Gasteiger partial charge on any atom is -0.379 e. The fourth-order valence-electron chi connectivity index (χ4n) is 1.69. The fourth-order valence-corrected chi connectivity index (χ4v) is 4.23. The van der Waals surface area contributed by atoms with Gasteiger partial charge in [-0.1, -0.05) is 15.9 Å². The maximum Gasteiger partial charge on any atom is 0.0632 e. The molecule has 18 heavy (non-hydrogen) atoms. The number of rotatable bonds is 4. The Morgan fingerprint density at radius 2 is 1.83 bits per heavy atom. The Morgan fingerprint density at radius 1 is 1.17 bits per heavy atom. The topological polar surface area (TPSA) is 17.0 Å². The molecule has 5 heteroatoms. The van der Waals surface area contributed by atoms with Crippen LogP contribution in [0.4, 0.5) is 5.69 Å². The highest BCUT2D eigenvalue weighted by Crippen LogP contribution is 2.34. The zero-order chi connectivity index (χ0) is 13.1. The summed E-state index contributed by atoms with van der Waals surface area (Å²) in [5.41, 5.74) is 2.35. The molecule has 0 radical (unpaired) electrons. The van der Waals surface area contributed by atoms with E-state index >= 15 is 0 Å². The van der Waals surface area contributed by atoms with Crippen molar-refractivity contribution in [3.8, 4) is 0 Å². The van der Waals surface area contributed by atoms with E-state index in [9.17, 15) is 0 Å². The molecular formula is C13H13Br3N2. The van der Waals surface area contributed by atoms with Gasteiger partial charge in [0.25, 0.3) is 0 Å². The molecule has 2 rings (SSSR count). The monoisotopic (exact) mass is 434 g/mol. The summed E-state index contributed by atoms with van der Waals surface area (Å²) in [5, 5.41) is 3.43. The van der Waals surface area contributed by atoms with Gasteiger partial charge in [-0.25, -0.2) is 0 Å². The number of nitrogens with zero attached hydrogens (tertiary/aromatic N) is 1. The third kappa shape index (κ3) is 3.39. The third-order valence-corrected chi connectivity index (χ3v) is 4.36. The smallest absolute Gasteiger partial charge is 0.0632 e. The first-order chi connectivity index (χ1) is 8.60. The van der Waals surface area contributed by atoms with Gasteiger partial charge in [0.05, 0.1) is 5.69 Å². The van der Waals surface area contributed by atoms with Crippen molar-refractivity contribution in [2.24, 2.45) is 0 Å². The number of anilines is 1. The summed E-state index contributed by atoms with van der Waals surface area (Å²) in [7, 11) is 0. The first-order valence-corrected chi connectivity index (χ1v) is 8.01. The van der Waals surface area contributed by atoms with Crippen molar-refractivity contribution in [2.75, 3.05) is 5.32 Å². The SMILES string of the molecule is CCn1ccc(CNc2c(Br)cc(Br)cc2Br)c1. The molecular weight excluding hydrogens is 424 g/mol. The first-order valence-electron chi connectivity index (χ1n) is 5.63. The molecule has 0 amide bonds. The van der Waals surface area contributed by atoms with Gasteiger partial charge < -0.3 is 9.88 Å². The van der Waals surface area contributed by atoms with Crippen molar-refractivity contribution < 1.29 is 0 Å². The van der Waals surface area contributed by atoms with Crippen LogP contribution in [0.2, 0.25) is 0 Å². The van der Waals surface area contributed by atoms with Crippen molar-refractivity contribution in [2.45, 2.75) is 20.0 Å². The Hall–Kier alpha value is -0.260. The van der Waals surface area contributed by atoms with Crippen LogP contribution in [-0.2, 0) is 13.1 Å². The molecule has 0 aliphatic heterocycles. The maximum absolute atomic E-state index is 3.56. The predicted octanol–water partition coefficient (Wildman–Crippen LogP) is 5.41. The number of hydrogen-bond acceptors (Lipinski definition) is 1. The van der Waals surface area contributed by atoms with E-state index in [2.05, 4.69) is 83.1 Å². The average molecular weight is 437 g/mol. The van der Waals surface area contributed by atoms with E-state index in [1.807, 2.05) is 12.1 Å². The quantitative estimate of drug-likeness (QED) is 0.678. The number of halogens is 3. The molecule has 1 aromatic carbocycles. The second-order valence-electron chi connectivity index (χ2n) is 3.95. The van der Waals surface area contributed by atoms with Crippen LogP contribution >= 0.6 is 47.8 Å². The number of aromatic nitrogens is 1. The number of benzene rings is 1. The van der Waals surface area contributed by atoms with E-state index in [1.165, 1.54) is 5.56 Å². The summed E-state index contributed by atoms with van der Waals surface area (Å²) < 4.78 is 5.30. The van der Waals surface area contributed by atoms with Crippen LogP contribution in [0.5, 0.6) is 0 Å². The highest BCUT2D eigenvalue weighted by molar-refractivity contribution is 9.11. The van der Waals surface area contributed by atoms with Crippen molar-refractivity contribution >= 4 is 53.5 Å². The van der Waals surface area contributed by atoms with Crippen molar-refractivity contribution in [3.05, 3.63) is 49.6 Å². The van der Waals surface area contributed by atoms with Crippen LogP contribution < -0.4 is 5.32 Å². The summed E-state index contributed by atoms with van der Waals surface area (Å²) in [5.74, 6) is 0. The molecule has 0 aliphatic carbocycles. The number of aryl methyl sites for hydroxylation is 1. The van der Waals surface area contributed by atoms with Gasteiger partial charge in [-0.3, -0.25) is 0 Å². The molecule has 0 saturated carbocycles. The molecule has 96 valence electrons. The second-order valence-corrected chi connectivity index (χ2v) is 6.57. The number of hydrogen-bond donors (Lipinski definition) is 1. The van der Waals surface area contributed by atoms with Crippen LogP contribution in [-0.4, -0.2) is 4.57 Å². The molecule has 0 spiro atoms. The van der Waals surface area contributed by atoms with Crippen LogP contribution in [0.3, 0.4) is 0 Å². The molecule has 2 aromatic rings. The summed E-state index contributed by atoms with van der Waals surface area (Å²) >= 11 is 10.6. The Labute approximate surface area is 132 Å². The maximum atomic E-state index is 3.56. The fraction of sp³-hybridized carbons (Fsp3) is 0.231. The Kier molecular flexibility index (Phi) is 4.92. The van der Waals surface area contributed by atoms with Crippen molar-refractivity contribution in [1.82, 2.24) is 4.57 Å². The van der Waals surface area contributed by atoms with E-state index in [0.29, 0.717) is 0 Å². The van der Waals surface area contributed by atoms with E-state index in [0.717, 1.165) is 32.2 Å². The van der Waals surface area contributed by atoms with Crippen LogP contribution in [0.1, 0.15) is 12.5 Å².